The van der Waals surface area contributed by atoms with Gasteiger partial charge in [0.25, 0.3) is 0 Å². The molecule has 0 fully saturated rings. The maximum absolute atomic E-state index is 11.6. The molecule has 1 amide bonds. The van der Waals surface area contributed by atoms with E-state index in [1.54, 1.807) is 7.11 Å². The van der Waals surface area contributed by atoms with Crippen molar-refractivity contribution in [2.75, 3.05) is 25.1 Å². The van der Waals surface area contributed by atoms with Gasteiger partial charge >= 0.3 is 0 Å². The van der Waals surface area contributed by atoms with E-state index in [1.165, 1.54) is 23.1 Å². The molecule has 2 heterocycles. The van der Waals surface area contributed by atoms with Crippen LogP contribution in [0.3, 0.4) is 0 Å². The number of nitrogens with one attached hydrogen (secondary N) is 1. The molecule has 2 aromatic heterocycles. The Hall–Kier alpha value is -1.72. The first-order valence-corrected chi connectivity index (χ1v) is 7.76. The SMILES string of the molecule is COCc1noc(CCNC(=O)CSc2nnc(N)s2)n1. The number of hydrogen-bond donors (Lipinski definition) is 2. The van der Waals surface area contributed by atoms with Gasteiger partial charge in [-0.2, -0.15) is 4.98 Å². The zero-order valence-corrected chi connectivity index (χ0v) is 12.9. The number of aromatic nitrogens is 4. The number of anilines is 1. The number of amides is 1. The highest BCUT2D eigenvalue weighted by Crippen LogP contribution is 2.22. The summed E-state index contributed by atoms with van der Waals surface area (Å²) in [4.78, 5) is 15.7. The molecular weight excluding hydrogens is 316 g/mol. The number of methoxy groups -OCH3 is 1. The molecule has 0 saturated heterocycles. The molecule has 0 spiro atoms. The summed E-state index contributed by atoms with van der Waals surface area (Å²) in [6.07, 6.45) is 0.471. The smallest absolute Gasteiger partial charge is 0.230 e. The van der Waals surface area contributed by atoms with E-state index >= 15 is 0 Å². The van der Waals surface area contributed by atoms with E-state index in [4.69, 9.17) is 15.0 Å². The highest BCUT2D eigenvalue weighted by Gasteiger charge is 2.08. The van der Waals surface area contributed by atoms with Gasteiger partial charge in [-0.05, 0) is 0 Å². The predicted molar refractivity (Wildman–Crippen MR) is 76.8 cm³/mol. The van der Waals surface area contributed by atoms with Gasteiger partial charge in [0.1, 0.15) is 6.61 Å². The van der Waals surface area contributed by atoms with Crippen LogP contribution in [0.2, 0.25) is 0 Å². The monoisotopic (exact) mass is 330 g/mol. The van der Waals surface area contributed by atoms with Crippen molar-refractivity contribution in [3.8, 4) is 0 Å². The Morgan fingerprint density at radius 2 is 2.38 bits per heavy atom. The van der Waals surface area contributed by atoms with Crippen molar-refractivity contribution in [2.24, 2.45) is 0 Å². The number of nitrogens with zero attached hydrogens (tertiary/aromatic N) is 4. The van der Waals surface area contributed by atoms with Crippen LogP contribution in [0.1, 0.15) is 11.7 Å². The Morgan fingerprint density at radius 1 is 1.52 bits per heavy atom. The molecule has 2 aromatic rings. The Morgan fingerprint density at radius 3 is 3.10 bits per heavy atom. The molecule has 0 unspecified atom stereocenters. The van der Waals surface area contributed by atoms with Gasteiger partial charge in [0, 0.05) is 20.1 Å². The first-order chi connectivity index (χ1) is 10.2. The van der Waals surface area contributed by atoms with Crippen LogP contribution in [0.25, 0.3) is 0 Å². The van der Waals surface area contributed by atoms with E-state index in [2.05, 4.69) is 25.7 Å². The van der Waals surface area contributed by atoms with Gasteiger partial charge in [0.15, 0.2) is 10.2 Å². The van der Waals surface area contributed by atoms with Crippen molar-refractivity contribution < 1.29 is 14.1 Å². The molecule has 0 aliphatic carbocycles. The van der Waals surface area contributed by atoms with Gasteiger partial charge in [-0.15, -0.1) is 10.2 Å². The standard InChI is InChI=1S/C10H14N6O3S2/c1-18-4-6-13-8(19-16-6)2-3-12-7(17)5-20-10-15-14-9(11)21-10/h2-5H2,1H3,(H2,11,14)(H,12,17). The van der Waals surface area contributed by atoms with Gasteiger partial charge in [0.2, 0.25) is 16.9 Å². The maximum atomic E-state index is 11.6. The number of thioether (sulfide) groups is 1. The van der Waals surface area contributed by atoms with Crippen molar-refractivity contribution in [1.29, 1.82) is 0 Å². The lowest BCUT2D eigenvalue weighted by Gasteiger charge is -2.01. The summed E-state index contributed by atoms with van der Waals surface area (Å²) in [7, 11) is 1.56. The Bertz CT molecular complexity index is 587. The molecule has 0 bridgehead atoms. The third-order valence-electron chi connectivity index (χ3n) is 2.19. The van der Waals surface area contributed by atoms with Crippen molar-refractivity contribution in [2.45, 2.75) is 17.4 Å². The molecule has 0 saturated carbocycles. The summed E-state index contributed by atoms with van der Waals surface area (Å²) in [5.74, 6) is 1.11. The summed E-state index contributed by atoms with van der Waals surface area (Å²) in [6.45, 7) is 0.726. The van der Waals surface area contributed by atoms with E-state index in [-0.39, 0.29) is 11.7 Å². The van der Waals surface area contributed by atoms with Gasteiger partial charge < -0.3 is 20.3 Å². The van der Waals surface area contributed by atoms with Crippen molar-refractivity contribution in [3.05, 3.63) is 11.7 Å². The fraction of sp³-hybridized carbons (Fsp3) is 0.500. The number of ether oxygens (including phenoxy) is 1. The molecule has 21 heavy (non-hydrogen) atoms. The summed E-state index contributed by atoms with van der Waals surface area (Å²) in [5, 5.41) is 14.4. The third kappa shape index (κ3) is 5.28. The Labute approximate surface area is 128 Å². The third-order valence-corrected chi connectivity index (χ3v) is 4.08. The van der Waals surface area contributed by atoms with Crippen LogP contribution < -0.4 is 11.1 Å². The molecule has 0 aliphatic heterocycles. The molecule has 9 nitrogen and oxygen atoms in total. The Kier molecular flexibility index (Phi) is 5.90. The molecule has 0 aromatic carbocycles. The van der Waals surface area contributed by atoms with Crippen LogP contribution in [0.5, 0.6) is 0 Å². The minimum absolute atomic E-state index is 0.106. The normalized spacial score (nSPS) is 10.7. The van der Waals surface area contributed by atoms with Crippen molar-refractivity contribution >= 4 is 34.1 Å². The van der Waals surface area contributed by atoms with E-state index in [1.807, 2.05) is 0 Å². The highest BCUT2D eigenvalue weighted by molar-refractivity contribution is 8.01. The van der Waals surface area contributed by atoms with E-state index in [0.717, 1.165) is 0 Å². The number of rotatable bonds is 8. The average molecular weight is 330 g/mol. The van der Waals surface area contributed by atoms with Gasteiger partial charge in [-0.3, -0.25) is 4.79 Å². The number of nitrogen functional groups attached to an aromatic ring is 1. The van der Waals surface area contributed by atoms with Crippen LogP contribution in [-0.2, 0) is 22.6 Å². The second-order valence-electron chi connectivity index (χ2n) is 3.83. The van der Waals surface area contributed by atoms with Crippen LogP contribution in [-0.4, -0.2) is 45.7 Å². The minimum Gasteiger partial charge on any atom is -0.377 e. The summed E-state index contributed by atoms with van der Waals surface area (Å²) in [6, 6.07) is 0. The Balaban J connectivity index is 1.64. The fourth-order valence-electron chi connectivity index (χ4n) is 1.35. The van der Waals surface area contributed by atoms with E-state index in [9.17, 15) is 4.79 Å². The molecule has 3 N–H and O–H groups in total. The van der Waals surface area contributed by atoms with E-state index in [0.29, 0.717) is 40.8 Å². The molecule has 2 rings (SSSR count). The molecule has 11 heteroatoms. The topological polar surface area (TPSA) is 129 Å². The van der Waals surface area contributed by atoms with Crippen LogP contribution in [0.4, 0.5) is 5.13 Å². The molecule has 0 atom stereocenters. The average Bonchev–Trinajstić information content (AvgIpc) is 3.06. The first-order valence-electron chi connectivity index (χ1n) is 5.96. The van der Waals surface area contributed by atoms with Gasteiger partial charge in [0.05, 0.1) is 5.75 Å². The summed E-state index contributed by atoms with van der Waals surface area (Å²) < 4.78 is 10.6. The number of hydrogen-bond acceptors (Lipinski definition) is 10. The number of carbonyl (C=O) groups excluding carboxylic acids is 1. The maximum Gasteiger partial charge on any atom is 0.230 e. The number of nitrogens with two attached hydrogens (primary N) is 1. The minimum atomic E-state index is -0.106. The molecule has 114 valence electrons. The van der Waals surface area contributed by atoms with Crippen LogP contribution in [0, 0.1) is 0 Å². The fourth-order valence-corrected chi connectivity index (χ4v) is 2.81. The van der Waals surface area contributed by atoms with Gasteiger partial charge in [-0.25, -0.2) is 0 Å². The van der Waals surface area contributed by atoms with E-state index < -0.39 is 0 Å². The van der Waals surface area contributed by atoms with Crippen molar-refractivity contribution in [3.63, 3.8) is 0 Å². The number of carbonyl (C=O) groups is 1. The second-order valence-corrected chi connectivity index (χ2v) is 6.06. The molecular formula is C10H14N6O3S2. The lowest BCUT2D eigenvalue weighted by atomic mass is 10.4. The summed E-state index contributed by atoms with van der Waals surface area (Å²) in [5.41, 5.74) is 5.45. The summed E-state index contributed by atoms with van der Waals surface area (Å²) >= 11 is 2.54. The van der Waals surface area contributed by atoms with Crippen LogP contribution in [0.15, 0.2) is 8.86 Å². The predicted octanol–water partition coefficient (Wildman–Crippen LogP) is 0.101. The molecule has 0 radical (unpaired) electrons. The zero-order chi connectivity index (χ0) is 15.1. The lowest BCUT2D eigenvalue weighted by Crippen LogP contribution is -2.27. The highest BCUT2D eigenvalue weighted by atomic mass is 32.2. The van der Waals surface area contributed by atoms with Crippen molar-refractivity contribution in [1.82, 2.24) is 25.7 Å². The largest absolute Gasteiger partial charge is 0.377 e. The zero-order valence-electron chi connectivity index (χ0n) is 11.2. The molecule has 0 aliphatic rings. The van der Waals surface area contributed by atoms with Crippen LogP contribution >= 0.6 is 23.1 Å². The van der Waals surface area contributed by atoms with Gasteiger partial charge in [-0.1, -0.05) is 28.3 Å². The quantitative estimate of drug-likeness (QED) is 0.647. The lowest BCUT2D eigenvalue weighted by molar-refractivity contribution is -0.118. The second kappa shape index (κ2) is 7.90. The first kappa shape index (κ1) is 15.7.